The van der Waals surface area contributed by atoms with E-state index in [4.69, 9.17) is 0 Å². The van der Waals surface area contributed by atoms with Gasteiger partial charge in [0, 0.05) is 13.6 Å². The van der Waals surface area contributed by atoms with E-state index in [-0.39, 0.29) is 0 Å². The predicted octanol–water partition coefficient (Wildman–Crippen LogP) is 2.64. The van der Waals surface area contributed by atoms with Crippen LogP contribution in [0.3, 0.4) is 0 Å². The second kappa shape index (κ2) is 6.08. The quantitative estimate of drug-likeness (QED) is 0.834. The van der Waals surface area contributed by atoms with Gasteiger partial charge in [-0.25, -0.2) is 0 Å². The number of aryl methyl sites for hydroxylation is 1. The van der Waals surface area contributed by atoms with Crippen LogP contribution in [-0.4, -0.2) is 38.6 Å². The molecule has 1 aromatic rings. The Kier molecular flexibility index (Phi) is 4.44. The summed E-state index contributed by atoms with van der Waals surface area (Å²) in [5.74, 6) is 0.744. The fourth-order valence-corrected chi connectivity index (χ4v) is 2.78. The van der Waals surface area contributed by atoms with E-state index in [0.717, 1.165) is 23.7 Å². The van der Waals surface area contributed by atoms with Crippen molar-refractivity contribution in [2.24, 2.45) is 5.92 Å². The lowest BCUT2D eigenvalue weighted by Crippen LogP contribution is -2.35. The van der Waals surface area contributed by atoms with Crippen molar-refractivity contribution in [3.63, 3.8) is 0 Å². The van der Waals surface area contributed by atoms with E-state index in [0.29, 0.717) is 0 Å². The summed E-state index contributed by atoms with van der Waals surface area (Å²) >= 11 is 0. The summed E-state index contributed by atoms with van der Waals surface area (Å²) in [6, 6.07) is 8.35. The number of anilines is 1. The van der Waals surface area contributed by atoms with Crippen LogP contribution in [-0.2, 0) is 0 Å². The third-order valence-electron chi connectivity index (χ3n) is 4.06. The lowest BCUT2D eigenvalue weighted by atomic mass is 9.96. The number of hydrogen-bond acceptors (Lipinski definition) is 3. The fraction of sp³-hybridized carbons (Fsp3) is 0.562. The first-order valence-electron chi connectivity index (χ1n) is 7.00. The van der Waals surface area contributed by atoms with Gasteiger partial charge in [-0.1, -0.05) is 6.07 Å². The van der Waals surface area contributed by atoms with Crippen molar-refractivity contribution in [2.75, 3.05) is 38.6 Å². The molecule has 1 aromatic carbocycles. The van der Waals surface area contributed by atoms with E-state index in [1.54, 1.807) is 0 Å². The largest absolute Gasteiger partial charge is 0.373 e. The first-order chi connectivity index (χ1) is 9.10. The van der Waals surface area contributed by atoms with Gasteiger partial charge in [-0.3, -0.25) is 0 Å². The van der Waals surface area contributed by atoms with Gasteiger partial charge in [-0.2, -0.15) is 5.26 Å². The van der Waals surface area contributed by atoms with Crippen molar-refractivity contribution in [3.8, 4) is 6.07 Å². The molecule has 1 saturated heterocycles. The van der Waals surface area contributed by atoms with E-state index in [9.17, 15) is 5.26 Å². The van der Waals surface area contributed by atoms with E-state index < -0.39 is 0 Å². The van der Waals surface area contributed by atoms with E-state index in [1.807, 2.05) is 12.1 Å². The van der Waals surface area contributed by atoms with E-state index in [2.05, 4.69) is 43.0 Å². The highest BCUT2D eigenvalue weighted by Gasteiger charge is 2.19. The van der Waals surface area contributed by atoms with Crippen LogP contribution >= 0.6 is 0 Å². The van der Waals surface area contributed by atoms with Crippen LogP contribution in [0.1, 0.15) is 24.0 Å². The van der Waals surface area contributed by atoms with Crippen LogP contribution < -0.4 is 4.90 Å². The number of likely N-dealkylation sites (tertiary alicyclic amines) is 1. The molecular formula is C16H23N3. The summed E-state index contributed by atoms with van der Waals surface area (Å²) in [7, 11) is 4.29. The average molecular weight is 257 g/mol. The van der Waals surface area contributed by atoms with Gasteiger partial charge in [0.2, 0.25) is 0 Å². The van der Waals surface area contributed by atoms with Crippen molar-refractivity contribution in [2.45, 2.75) is 19.8 Å². The SMILES string of the molecule is Cc1ccc(C#N)c(N(C)CC2CCN(C)CC2)c1. The van der Waals surface area contributed by atoms with Gasteiger partial charge in [0.25, 0.3) is 0 Å². The Hall–Kier alpha value is -1.53. The smallest absolute Gasteiger partial charge is 0.101 e. The number of nitriles is 1. The number of nitrogens with zero attached hydrogens (tertiary/aromatic N) is 3. The highest BCUT2D eigenvalue weighted by Crippen LogP contribution is 2.24. The molecule has 3 heteroatoms. The van der Waals surface area contributed by atoms with Gasteiger partial charge >= 0.3 is 0 Å². The van der Waals surface area contributed by atoms with Crippen LogP contribution in [0.2, 0.25) is 0 Å². The molecule has 0 aromatic heterocycles. The highest BCUT2D eigenvalue weighted by atomic mass is 15.1. The Balaban J connectivity index is 2.05. The molecule has 19 heavy (non-hydrogen) atoms. The monoisotopic (exact) mass is 257 g/mol. The molecule has 0 bridgehead atoms. The molecule has 0 radical (unpaired) electrons. The molecule has 1 heterocycles. The summed E-state index contributed by atoms with van der Waals surface area (Å²) in [6.07, 6.45) is 2.52. The van der Waals surface area contributed by atoms with Gasteiger partial charge in [0.1, 0.15) is 6.07 Å². The zero-order chi connectivity index (χ0) is 13.8. The van der Waals surface area contributed by atoms with Gasteiger partial charge in [-0.05, 0) is 63.5 Å². The molecule has 102 valence electrons. The van der Waals surface area contributed by atoms with Crippen LogP contribution in [0.4, 0.5) is 5.69 Å². The Bertz CT molecular complexity index is 467. The number of rotatable bonds is 3. The minimum Gasteiger partial charge on any atom is -0.373 e. The lowest BCUT2D eigenvalue weighted by molar-refractivity contribution is 0.222. The maximum atomic E-state index is 9.22. The van der Waals surface area contributed by atoms with E-state index in [1.165, 1.54) is 31.5 Å². The highest BCUT2D eigenvalue weighted by molar-refractivity contribution is 5.60. The second-order valence-electron chi connectivity index (χ2n) is 5.76. The summed E-state index contributed by atoms with van der Waals surface area (Å²) < 4.78 is 0. The van der Waals surface area contributed by atoms with Crippen molar-refractivity contribution in [3.05, 3.63) is 29.3 Å². The zero-order valence-electron chi connectivity index (χ0n) is 12.2. The summed E-state index contributed by atoms with van der Waals surface area (Å²) in [5, 5.41) is 9.22. The Morgan fingerprint density at radius 2 is 2.05 bits per heavy atom. The molecule has 0 N–H and O–H groups in total. The van der Waals surface area contributed by atoms with Crippen molar-refractivity contribution in [1.29, 1.82) is 5.26 Å². The van der Waals surface area contributed by atoms with E-state index >= 15 is 0 Å². The molecule has 1 aliphatic rings. The Morgan fingerprint density at radius 3 is 2.68 bits per heavy atom. The number of piperidine rings is 1. The van der Waals surface area contributed by atoms with Crippen LogP contribution in [0.25, 0.3) is 0 Å². The first kappa shape index (κ1) is 13.9. The topological polar surface area (TPSA) is 30.3 Å². The van der Waals surface area contributed by atoms with Gasteiger partial charge in [-0.15, -0.1) is 0 Å². The predicted molar refractivity (Wildman–Crippen MR) is 79.4 cm³/mol. The van der Waals surface area contributed by atoms with Crippen LogP contribution in [0, 0.1) is 24.2 Å². The summed E-state index contributed by atoms with van der Waals surface area (Å²) in [5.41, 5.74) is 3.06. The van der Waals surface area contributed by atoms with Crippen molar-refractivity contribution in [1.82, 2.24) is 4.90 Å². The molecule has 2 rings (SSSR count). The minimum atomic E-state index is 0.744. The molecule has 1 aliphatic heterocycles. The van der Waals surface area contributed by atoms with Crippen LogP contribution in [0.15, 0.2) is 18.2 Å². The molecule has 0 aliphatic carbocycles. The van der Waals surface area contributed by atoms with Gasteiger partial charge in [0.05, 0.1) is 11.3 Å². The molecule has 0 saturated carbocycles. The molecule has 0 atom stereocenters. The number of hydrogen-bond donors (Lipinski definition) is 0. The van der Waals surface area contributed by atoms with Gasteiger partial charge in [0.15, 0.2) is 0 Å². The van der Waals surface area contributed by atoms with Crippen molar-refractivity contribution < 1.29 is 0 Å². The molecule has 3 nitrogen and oxygen atoms in total. The Labute approximate surface area is 116 Å². The minimum absolute atomic E-state index is 0.744. The first-order valence-corrected chi connectivity index (χ1v) is 7.00. The lowest BCUT2D eigenvalue weighted by Gasteiger charge is -2.32. The second-order valence-corrected chi connectivity index (χ2v) is 5.76. The summed E-state index contributed by atoms with van der Waals surface area (Å²) in [4.78, 5) is 4.64. The zero-order valence-corrected chi connectivity index (χ0v) is 12.2. The Morgan fingerprint density at radius 1 is 1.37 bits per heavy atom. The third kappa shape index (κ3) is 3.48. The molecule has 0 unspecified atom stereocenters. The molecular weight excluding hydrogens is 234 g/mol. The third-order valence-corrected chi connectivity index (χ3v) is 4.06. The fourth-order valence-electron chi connectivity index (χ4n) is 2.78. The van der Waals surface area contributed by atoms with Crippen LogP contribution in [0.5, 0.6) is 0 Å². The molecule has 1 fully saturated rings. The maximum absolute atomic E-state index is 9.22. The number of benzene rings is 1. The average Bonchev–Trinajstić information content (AvgIpc) is 2.41. The standard InChI is InChI=1S/C16H23N3/c1-13-4-5-15(11-17)16(10-13)19(3)12-14-6-8-18(2)9-7-14/h4-5,10,14H,6-9,12H2,1-3H3. The normalized spacial score (nSPS) is 17.2. The molecule has 0 spiro atoms. The van der Waals surface area contributed by atoms with Crippen molar-refractivity contribution >= 4 is 5.69 Å². The molecule has 0 amide bonds. The maximum Gasteiger partial charge on any atom is 0.101 e. The summed E-state index contributed by atoms with van der Waals surface area (Å²) in [6.45, 7) is 5.51. The van der Waals surface area contributed by atoms with Gasteiger partial charge < -0.3 is 9.80 Å².